The maximum Gasteiger partial charge on any atom is 0.211 e. The van der Waals surface area contributed by atoms with E-state index in [2.05, 4.69) is 26.2 Å². The Morgan fingerprint density at radius 3 is 2.94 bits per heavy atom. The van der Waals surface area contributed by atoms with Gasteiger partial charge in [-0.2, -0.15) is 0 Å². The van der Waals surface area contributed by atoms with Crippen molar-refractivity contribution in [3.05, 3.63) is 40.6 Å². The third-order valence-electron chi connectivity index (χ3n) is 2.61. The van der Waals surface area contributed by atoms with Crippen LogP contribution in [0.1, 0.15) is 25.8 Å². The summed E-state index contributed by atoms with van der Waals surface area (Å²) >= 11 is 3.15. The highest BCUT2D eigenvalue weighted by Gasteiger charge is 2.13. The lowest BCUT2D eigenvalue weighted by atomic mass is 10.2. The van der Waals surface area contributed by atoms with E-state index in [0.717, 1.165) is 12.1 Å². The molecule has 1 aromatic carbocycles. The Balaban J connectivity index is 2.26. The van der Waals surface area contributed by atoms with Gasteiger partial charge in [0.1, 0.15) is 5.82 Å². The van der Waals surface area contributed by atoms with Crippen molar-refractivity contribution in [1.82, 2.24) is 10.3 Å². The predicted octanol–water partition coefficient (Wildman–Crippen LogP) is 3.91. The molecule has 0 aliphatic carbocycles. The standard InChI is InChI=1S/C13H14BrFN2O/c1-3-16-8(2)13-17-7-12(18-13)9-4-5-11(15)10(14)6-9/h4-8,16H,3H2,1-2H3. The fourth-order valence-corrected chi connectivity index (χ4v) is 2.04. The zero-order valence-electron chi connectivity index (χ0n) is 10.2. The van der Waals surface area contributed by atoms with E-state index in [1.165, 1.54) is 6.07 Å². The van der Waals surface area contributed by atoms with Gasteiger partial charge in [0.2, 0.25) is 5.89 Å². The van der Waals surface area contributed by atoms with E-state index in [9.17, 15) is 4.39 Å². The molecule has 0 fully saturated rings. The van der Waals surface area contributed by atoms with Crippen LogP contribution in [0.5, 0.6) is 0 Å². The Morgan fingerprint density at radius 2 is 2.28 bits per heavy atom. The van der Waals surface area contributed by atoms with Gasteiger partial charge in [-0.1, -0.05) is 6.92 Å². The van der Waals surface area contributed by atoms with Gasteiger partial charge in [-0.15, -0.1) is 0 Å². The highest BCUT2D eigenvalue weighted by atomic mass is 79.9. The number of oxazole rings is 1. The van der Waals surface area contributed by atoms with Crippen LogP contribution in [0, 0.1) is 5.82 Å². The lowest BCUT2D eigenvalue weighted by Gasteiger charge is -2.06. The minimum Gasteiger partial charge on any atom is -0.439 e. The maximum absolute atomic E-state index is 13.1. The molecule has 1 N–H and O–H groups in total. The third-order valence-corrected chi connectivity index (χ3v) is 3.22. The zero-order chi connectivity index (χ0) is 13.1. The fraction of sp³-hybridized carbons (Fsp3) is 0.308. The Hall–Kier alpha value is -1.20. The molecule has 0 amide bonds. The number of rotatable bonds is 4. The summed E-state index contributed by atoms with van der Waals surface area (Å²) in [6.07, 6.45) is 1.66. The summed E-state index contributed by atoms with van der Waals surface area (Å²) in [5, 5.41) is 3.22. The van der Waals surface area contributed by atoms with Crippen molar-refractivity contribution in [3.63, 3.8) is 0 Å². The second-order valence-corrected chi connectivity index (χ2v) is 4.83. The molecular formula is C13H14BrFN2O. The zero-order valence-corrected chi connectivity index (χ0v) is 11.8. The molecule has 96 valence electrons. The Labute approximate surface area is 114 Å². The average Bonchev–Trinajstić information content (AvgIpc) is 2.82. The van der Waals surface area contributed by atoms with Gasteiger partial charge in [-0.25, -0.2) is 9.37 Å². The number of hydrogen-bond acceptors (Lipinski definition) is 3. The minimum absolute atomic E-state index is 0.0626. The first kappa shape index (κ1) is 13.2. The van der Waals surface area contributed by atoms with Crippen LogP contribution in [0.4, 0.5) is 4.39 Å². The second kappa shape index (κ2) is 5.63. The van der Waals surface area contributed by atoms with Crippen molar-refractivity contribution in [1.29, 1.82) is 0 Å². The van der Waals surface area contributed by atoms with Crippen LogP contribution in [0.15, 0.2) is 33.3 Å². The molecule has 0 spiro atoms. The first-order valence-corrected chi connectivity index (χ1v) is 6.55. The number of nitrogens with one attached hydrogen (secondary N) is 1. The van der Waals surface area contributed by atoms with E-state index >= 15 is 0 Å². The highest BCUT2D eigenvalue weighted by Crippen LogP contribution is 2.27. The van der Waals surface area contributed by atoms with E-state index in [-0.39, 0.29) is 11.9 Å². The van der Waals surface area contributed by atoms with Crippen molar-refractivity contribution in [2.45, 2.75) is 19.9 Å². The lowest BCUT2D eigenvalue weighted by molar-refractivity contribution is 0.429. The van der Waals surface area contributed by atoms with Gasteiger partial charge in [0.05, 0.1) is 16.7 Å². The van der Waals surface area contributed by atoms with Gasteiger partial charge in [0, 0.05) is 5.56 Å². The van der Waals surface area contributed by atoms with Crippen LogP contribution in [0.3, 0.4) is 0 Å². The van der Waals surface area contributed by atoms with Gasteiger partial charge in [-0.3, -0.25) is 0 Å². The van der Waals surface area contributed by atoms with Crippen LogP contribution >= 0.6 is 15.9 Å². The van der Waals surface area contributed by atoms with Crippen LogP contribution in [0.25, 0.3) is 11.3 Å². The van der Waals surface area contributed by atoms with Crippen LogP contribution in [-0.4, -0.2) is 11.5 Å². The summed E-state index contributed by atoms with van der Waals surface area (Å²) < 4.78 is 19.2. The Bertz CT molecular complexity index is 542. The van der Waals surface area contributed by atoms with Gasteiger partial charge in [-0.05, 0) is 47.6 Å². The van der Waals surface area contributed by atoms with E-state index in [1.54, 1.807) is 18.3 Å². The monoisotopic (exact) mass is 312 g/mol. The predicted molar refractivity (Wildman–Crippen MR) is 71.7 cm³/mol. The van der Waals surface area contributed by atoms with Crippen molar-refractivity contribution in [2.24, 2.45) is 0 Å². The smallest absolute Gasteiger partial charge is 0.211 e. The molecule has 0 bridgehead atoms. The molecule has 1 unspecified atom stereocenters. The molecule has 1 aromatic heterocycles. The molecule has 2 aromatic rings. The molecule has 2 rings (SSSR count). The number of halogens is 2. The molecule has 0 radical (unpaired) electrons. The molecule has 18 heavy (non-hydrogen) atoms. The third kappa shape index (κ3) is 2.79. The minimum atomic E-state index is -0.292. The van der Waals surface area contributed by atoms with E-state index in [4.69, 9.17) is 4.42 Å². The van der Waals surface area contributed by atoms with Gasteiger partial charge in [0.15, 0.2) is 5.76 Å². The van der Waals surface area contributed by atoms with Gasteiger partial charge >= 0.3 is 0 Å². The number of hydrogen-bond donors (Lipinski definition) is 1. The molecule has 0 saturated heterocycles. The topological polar surface area (TPSA) is 38.1 Å². The average molecular weight is 313 g/mol. The molecule has 5 heteroatoms. The molecule has 1 atom stereocenters. The first-order chi connectivity index (χ1) is 8.61. The lowest BCUT2D eigenvalue weighted by Crippen LogP contribution is -2.17. The molecule has 0 aliphatic rings. The van der Waals surface area contributed by atoms with E-state index in [0.29, 0.717) is 16.1 Å². The van der Waals surface area contributed by atoms with Gasteiger partial charge < -0.3 is 9.73 Å². The largest absolute Gasteiger partial charge is 0.439 e. The summed E-state index contributed by atoms with van der Waals surface area (Å²) in [5.74, 6) is 0.974. The molecule has 0 saturated carbocycles. The van der Waals surface area contributed by atoms with E-state index < -0.39 is 0 Å². The number of nitrogens with zero attached hydrogens (tertiary/aromatic N) is 1. The van der Waals surface area contributed by atoms with Gasteiger partial charge in [0.25, 0.3) is 0 Å². The van der Waals surface area contributed by atoms with Crippen LogP contribution < -0.4 is 5.32 Å². The Morgan fingerprint density at radius 1 is 1.50 bits per heavy atom. The summed E-state index contributed by atoms with van der Waals surface area (Å²) in [6.45, 7) is 4.86. The number of aromatic nitrogens is 1. The van der Waals surface area contributed by atoms with Crippen molar-refractivity contribution in [2.75, 3.05) is 6.54 Å². The maximum atomic E-state index is 13.1. The van der Waals surface area contributed by atoms with Crippen LogP contribution in [0.2, 0.25) is 0 Å². The SMILES string of the molecule is CCNC(C)c1ncc(-c2ccc(F)c(Br)c2)o1. The highest BCUT2D eigenvalue weighted by molar-refractivity contribution is 9.10. The summed E-state index contributed by atoms with van der Waals surface area (Å²) in [4.78, 5) is 4.22. The second-order valence-electron chi connectivity index (χ2n) is 3.97. The molecule has 3 nitrogen and oxygen atoms in total. The Kier molecular flexibility index (Phi) is 4.14. The van der Waals surface area contributed by atoms with Crippen molar-refractivity contribution in [3.8, 4) is 11.3 Å². The molecule has 1 heterocycles. The summed E-state index contributed by atoms with van der Waals surface area (Å²) in [5.41, 5.74) is 0.797. The normalized spacial score (nSPS) is 12.7. The van der Waals surface area contributed by atoms with Crippen molar-refractivity contribution >= 4 is 15.9 Å². The summed E-state index contributed by atoms with van der Waals surface area (Å²) in [6, 6.07) is 4.81. The molecule has 0 aliphatic heterocycles. The first-order valence-electron chi connectivity index (χ1n) is 5.76. The fourth-order valence-electron chi connectivity index (χ4n) is 1.66. The van der Waals surface area contributed by atoms with Crippen molar-refractivity contribution < 1.29 is 8.81 Å². The van der Waals surface area contributed by atoms with E-state index in [1.807, 2.05) is 13.8 Å². The summed E-state index contributed by atoms with van der Waals surface area (Å²) in [7, 11) is 0. The van der Waals surface area contributed by atoms with Crippen LogP contribution in [-0.2, 0) is 0 Å². The quantitative estimate of drug-likeness (QED) is 0.930. The number of benzene rings is 1. The molecular weight excluding hydrogens is 299 g/mol.